The average Bonchev–Trinajstić information content (AvgIpc) is 2.05. The standard InChI is InChI=1S/C11H26N2/c1-6-13(10(2)3)8-7-11(4,5)9-12/h10H,6-9,12H2,1-5H3. The number of nitrogens with zero attached hydrogens (tertiary/aromatic N) is 1. The Morgan fingerprint density at radius 1 is 1.31 bits per heavy atom. The summed E-state index contributed by atoms with van der Waals surface area (Å²) in [4.78, 5) is 2.48. The fourth-order valence-corrected chi connectivity index (χ4v) is 1.33. The molecule has 0 aromatic carbocycles. The molecule has 2 N–H and O–H groups in total. The molecule has 0 radical (unpaired) electrons. The van der Waals surface area contributed by atoms with Crippen molar-refractivity contribution in [3.05, 3.63) is 0 Å². The van der Waals surface area contributed by atoms with Crippen LogP contribution in [0.15, 0.2) is 0 Å². The molecule has 0 rings (SSSR count). The average molecular weight is 186 g/mol. The summed E-state index contributed by atoms with van der Waals surface area (Å²) in [5.74, 6) is 0. The normalized spacial score (nSPS) is 12.9. The monoisotopic (exact) mass is 186 g/mol. The number of rotatable bonds is 6. The lowest BCUT2D eigenvalue weighted by Crippen LogP contribution is -2.35. The molecule has 0 aromatic heterocycles. The van der Waals surface area contributed by atoms with Crippen LogP contribution >= 0.6 is 0 Å². The molecule has 0 saturated heterocycles. The fourth-order valence-electron chi connectivity index (χ4n) is 1.33. The van der Waals surface area contributed by atoms with E-state index in [0.717, 1.165) is 13.1 Å². The summed E-state index contributed by atoms with van der Waals surface area (Å²) in [5.41, 5.74) is 5.99. The second kappa shape index (κ2) is 5.61. The van der Waals surface area contributed by atoms with E-state index >= 15 is 0 Å². The van der Waals surface area contributed by atoms with Crippen LogP contribution in [0.5, 0.6) is 0 Å². The quantitative estimate of drug-likeness (QED) is 0.688. The number of nitrogens with two attached hydrogens (primary N) is 1. The highest BCUT2D eigenvalue weighted by atomic mass is 15.1. The summed E-state index contributed by atoms with van der Waals surface area (Å²) >= 11 is 0. The zero-order valence-corrected chi connectivity index (χ0v) is 9.93. The molecule has 13 heavy (non-hydrogen) atoms. The van der Waals surface area contributed by atoms with Gasteiger partial charge in [-0.05, 0) is 45.3 Å². The van der Waals surface area contributed by atoms with E-state index in [0.29, 0.717) is 11.5 Å². The zero-order valence-electron chi connectivity index (χ0n) is 9.93. The summed E-state index contributed by atoms with van der Waals surface area (Å²) in [7, 11) is 0. The zero-order chi connectivity index (χ0) is 10.5. The Balaban J connectivity index is 3.85. The molecule has 0 unspecified atom stereocenters. The Bertz CT molecular complexity index is 130. The van der Waals surface area contributed by atoms with Crippen LogP contribution in [-0.2, 0) is 0 Å². The lowest BCUT2D eigenvalue weighted by Gasteiger charge is -2.30. The van der Waals surface area contributed by atoms with Crippen LogP contribution in [0.4, 0.5) is 0 Å². The van der Waals surface area contributed by atoms with Crippen molar-refractivity contribution in [3.8, 4) is 0 Å². The third-order valence-electron chi connectivity index (χ3n) is 2.76. The molecule has 0 saturated carbocycles. The van der Waals surface area contributed by atoms with E-state index in [1.165, 1.54) is 13.0 Å². The highest BCUT2D eigenvalue weighted by molar-refractivity contribution is 4.72. The SMILES string of the molecule is CCN(CCC(C)(C)CN)C(C)C. The van der Waals surface area contributed by atoms with E-state index in [-0.39, 0.29) is 0 Å². The van der Waals surface area contributed by atoms with Crippen molar-refractivity contribution in [2.45, 2.75) is 47.1 Å². The van der Waals surface area contributed by atoms with Gasteiger partial charge >= 0.3 is 0 Å². The van der Waals surface area contributed by atoms with Gasteiger partial charge in [-0.2, -0.15) is 0 Å². The molecule has 0 atom stereocenters. The number of hydrogen-bond donors (Lipinski definition) is 1. The summed E-state index contributed by atoms with van der Waals surface area (Å²) < 4.78 is 0. The molecule has 0 aliphatic heterocycles. The van der Waals surface area contributed by atoms with Gasteiger partial charge in [0.25, 0.3) is 0 Å². The predicted octanol–water partition coefficient (Wildman–Crippen LogP) is 2.09. The van der Waals surface area contributed by atoms with Crippen LogP contribution < -0.4 is 5.73 Å². The van der Waals surface area contributed by atoms with Gasteiger partial charge in [0.2, 0.25) is 0 Å². The first kappa shape index (κ1) is 12.9. The molecule has 0 amide bonds. The molecule has 0 fully saturated rings. The molecular formula is C11H26N2. The first-order valence-corrected chi connectivity index (χ1v) is 5.37. The molecule has 0 bridgehead atoms. The van der Waals surface area contributed by atoms with Crippen molar-refractivity contribution < 1.29 is 0 Å². The highest BCUT2D eigenvalue weighted by Gasteiger charge is 2.17. The van der Waals surface area contributed by atoms with Gasteiger partial charge < -0.3 is 10.6 Å². The Hall–Kier alpha value is -0.0800. The molecule has 2 heteroatoms. The van der Waals surface area contributed by atoms with E-state index in [1.807, 2.05) is 0 Å². The number of hydrogen-bond acceptors (Lipinski definition) is 2. The van der Waals surface area contributed by atoms with Gasteiger partial charge in [0.05, 0.1) is 0 Å². The van der Waals surface area contributed by atoms with Gasteiger partial charge in [-0.3, -0.25) is 0 Å². The highest BCUT2D eigenvalue weighted by Crippen LogP contribution is 2.18. The smallest absolute Gasteiger partial charge is 0.00384 e. The van der Waals surface area contributed by atoms with E-state index in [4.69, 9.17) is 5.73 Å². The summed E-state index contributed by atoms with van der Waals surface area (Å²) in [6.07, 6.45) is 1.19. The maximum atomic E-state index is 5.69. The topological polar surface area (TPSA) is 29.3 Å². The lowest BCUT2D eigenvalue weighted by molar-refractivity contribution is 0.193. The van der Waals surface area contributed by atoms with E-state index in [2.05, 4.69) is 39.5 Å². The van der Waals surface area contributed by atoms with E-state index < -0.39 is 0 Å². The summed E-state index contributed by atoms with van der Waals surface area (Å²) in [5, 5.41) is 0. The molecule has 80 valence electrons. The Labute approximate surface area is 83.5 Å². The van der Waals surface area contributed by atoms with Crippen LogP contribution in [0, 0.1) is 5.41 Å². The molecular weight excluding hydrogens is 160 g/mol. The minimum Gasteiger partial charge on any atom is -0.330 e. The van der Waals surface area contributed by atoms with Gasteiger partial charge in [-0.25, -0.2) is 0 Å². The maximum absolute atomic E-state index is 5.69. The van der Waals surface area contributed by atoms with Crippen molar-refractivity contribution in [2.24, 2.45) is 11.1 Å². The molecule has 2 nitrogen and oxygen atoms in total. The van der Waals surface area contributed by atoms with E-state index in [1.54, 1.807) is 0 Å². The lowest BCUT2D eigenvalue weighted by atomic mass is 9.89. The van der Waals surface area contributed by atoms with Crippen LogP contribution in [0.2, 0.25) is 0 Å². The predicted molar refractivity (Wildman–Crippen MR) is 59.8 cm³/mol. The first-order valence-electron chi connectivity index (χ1n) is 5.37. The van der Waals surface area contributed by atoms with Crippen molar-refractivity contribution >= 4 is 0 Å². The first-order chi connectivity index (χ1) is 5.93. The third-order valence-corrected chi connectivity index (χ3v) is 2.76. The maximum Gasteiger partial charge on any atom is 0.00384 e. The Morgan fingerprint density at radius 3 is 2.15 bits per heavy atom. The van der Waals surface area contributed by atoms with Gasteiger partial charge in [-0.1, -0.05) is 20.8 Å². The minimum atomic E-state index is 0.294. The molecule has 0 aliphatic rings. The van der Waals surface area contributed by atoms with Crippen molar-refractivity contribution in [1.82, 2.24) is 4.90 Å². The van der Waals surface area contributed by atoms with Gasteiger partial charge in [0.15, 0.2) is 0 Å². The van der Waals surface area contributed by atoms with Crippen LogP contribution in [0.3, 0.4) is 0 Å². The largest absolute Gasteiger partial charge is 0.330 e. The third kappa shape index (κ3) is 5.27. The van der Waals surface area contributed by atoms with Crippen molar-refractivity contribution in [3.63, 3.8) is 0 Å². The molecule has 0 aliphatic carbocycles. The summed E-state index contributed by atoms with van der Waals surface area (Å²) in [6.45, 7) is 14.3. The Kier molecular flexibility index (Phi) is 5.57. The molecule has 0 aromatic rings. The van der Waals surface area contributed by atoms with Gasteiger partial charge in [-0.15, -0.1) is 0 Å². The van der Waals surface area contributed by atoms with Gasteiger partial charge in [0.1, 0.15) is 0 Å². The van der Waals surface area contributed by atoms with Crippen molar-refractivity contribution in [2.75, 3.05) is 19.6 Å². The second-order valence-electron chi connectivity index (χ2n) is 4.84. The van der Waals surface area contributed by atoms with Crippen LogP contribution in [0.1, 0.15) is 41.0 Å². The second-order valence-corrected chi connectivity index (χ2v) is 4.84. The van der Waals surface area contributed by atoms with Crippen molar-refractivity contribution in [1.29, 1.82) is 0 Å². The Morgan fingerprint density at radius 2 is 1.85 bits per heavy atom. The van der Waals surface area contributed by atoms with Crippen LogP contribution in [0.25, 0.3) is 0 Å². The molecule has 0 heterocycles. The summed E-state index contributed by atoms with van der Waals surface area (Å²) in [6, 6.07) is 0.651. The van der Waals surface area contributed by atoms with Gasteiger partial charge in [0, 0.05) is 6.04 Å². The molecule has 0 spiro atoms. The minimum absolute atomic E-state index is 0.294. The van der Waals surface area contributed by atoms with E-state index in [9.17, 15) is 0 Å². The van der Waals surface area contributed by atoms with Crippen LogP contribution in [-0.4, -0.2) is 30.6 Å². The fraction of sp³-hybridized carbons (Fsp3) is 1.00.